The predicted molar refractivity (Wildman–Crippen MR) is 110 cm³/mol. The Morgan fingerprint density at radius 2 is 0.926 bits per heavy atom. The fourth-order valence-electron chi connectivity index (χ4n) is 5.07. The van der Waals surface area contributed by atoms with Gasteiger partial charge in [0.05, 0.1) is 9.79 Å². The zero-order chi connectivity index (χ0) is 18.7. The first-order valence-electron chi connectivity index (χ1n) is 10.6. The predicted octanol–water partition coefficient (Wildman–Crippen LogP) is 6.61. The van der Waals surface area contributed by atoms with Crippen molar-refractivity contribution in [1.29, 1.82) is 0 Å². The Kier molecular flexibility index (Phi) is 5.68. The molecule has 0 amide bonds. The van der Waals surface area contributed by atoms with Crippen molar-refractivity contribution in [2.45, 2.75) is 85.8 Å². The van der Waals surface area contributed by atoms with E-state index in [-0.39, 0.29) is 0 Å². The van der Waals surface area contributed by atoms with Crippen LogP contribution in [0.4, 0.5) is 0 Å². The van der Waals surface area contributed by atoms with Gasteiger partial charge in [0.2, 0.25) is 9.84 Å². The molecule has 2 aliphatic carbocycles. The van der Waals surface area contributed by atoms with Gasteiger partial charge in [0.15, 0.2) is 0 Å². The number of hydrogen-bond donors (Lipinski definition) is 0. The highest BCUT2D eigenvalue weighted by atomic mass is 32.2. The molecule has 0 N–H and O–H groups in total. The van der Waals surface area contributed by atoms with E-state index in [1.54, 1.807) is 0 Å². The highest BCUT2D eigenvalue weighted by molar-refractivity contribution is 7.91. The SMILES string of the molecule is O=S(=O)(c1ccccc1C1CCCCC1)c1ccccc1C1CCCCC1. The third-order valence-electron chi connectivity index (χ3n) is 6.51. The monoisotopic (exact) mass is 382 g/mol. The second-order valence-electron chi connectivity index (χ2n) is 8.25. The van der Waals surface area contributed by atoms with Gasteiger partial charge in [-0.15, -0.1) is 0 Å². The first kappa shape index (κ1) is 18.7. The smallest absolute Gasteiger partial charge is 0.207 e. The van der Waals surface area contributed by atoms with Gasteiger partial charge in [-0.3, -0.25) is 0 Å². The molecular weight excluding hydrogens is 352 g/mol. The molecule has 0 saturated heterocycles. The molecule has 27 heavy (non-hydrogen) atoms. The zero-order valence-corrected chi connectivity index (χ0v) is 16.9. The molecule has 2 fully saturated rings. The molecule has 2 saturated carbocycles. The van der Waals surface area contributed by atoms with E-state index in [1.807, 2.05) is 48.5 Å². The van der Waals surface area contributed by atoms with Crippen LogP contribution < -0.4 is 0 Å². The molecule has 144 valence electrons. The Labute approximate surface area is 163 Å². The van der Waals surface area contributed by atoms with Gasteiger partial charge in [0.1, 0.15) is 0 Å². The molecular formula is C24H30O2S. The van der Waals surface area contributed by atoms with Crippen LogP contribution >= 0.6 is 0 Å². The third kappa shape index (κ3) is 3.85. The van der Waals surface area contributed by atoms with Gasteiger partial charge in [-0.2, -0.15) is 0 Å². The lowest BCUT2D eigenvalue weighted by Gasteiger charge is -2.26. The van der Waals surface area contributed by atoms with Crippen LogP contribution in [0, 0.1) is 0 Å². The Morgan fingerprint density at radius 3 is 1.33 bits per heavy atom. The van der Waals surface area contributed by atoms with E-state index in [0.29, 0.717) is 21.6 Å². The summed E-state index contributed by atoms with van der Waals surface area (Å²) in [5, 5.41) is 0. The van der Waals surface area contributed by atoms with Crippen LogP contribution in [-0.2, 0) is 9.84 Å². The molecule has 2 aliphatic rings. The van der Waals surface area contributed by atoms with Gasteiger partial charge >= 0.3 is 0 Å². The van der Waals surface area contributed by atoms with E-state index in [9.17, 15) is 8.42 Å². The molecule has 0 aliphatic heterocycles. The second kappa shape index (κ2) is 8.18. The van der Waals surface area contributed by atoms with Crippen LogP contribution in [0.1, 0.15) is 87.2 Å². The molecule has 0 bridgehead atoms. The van der Waals surface area contributed by atoms with Crippen LogP contribution in [0.3, 0.4) is 0 Å². The molecule has 2 aromatic rings. The van der Waals surface area contributed by atoms with Crippen LogP contribution in [0.5, 0.6) is 0 Å². The van der Waals surface area contributed by atoms with Gasteiger partial charge in [0, 0.05) is 0 Å². The van der Waals surface area contributed by atoms with Gasteiger partial charge in [-0.25, -0.2) is 8.42 Å². The summed E-state index contributed by atoms with van der Waals surface area (Å²) in [6.07, 6.45) is 11.8. The average Bonchev–Trinajstić information content (AvgIpc) is 2.75. The largest absolute Gasteiger partial charge is 0.218 e. The van der Waals surface area contributed by atoms with E-state index in [4.69, 9.17) is 0 Å². The lowest BCUT2D eigenvalue weighted by Crippen LogP contribution is -2.14. The molecule has 3 heteroatoms. The standard InChI is InChI=1S/C24H30O2S/c25-27(26,23-17-9-7-15-21(23)19-11-3-1-4-12-19)24-18-10-8-16-22(24)20-13-5-2-6-14-20/h7-10,15-20H,1-6,11-14H2. The van der Waals surface area contributed by atoms with Gasteiger partial charge in [-0.05, 0) is 60.8 Å². The Hall–Kier alpha value is -1.61. The minimum Gasteiger partial charge on any atom is -0.218 e. The fraction of sp³-hybridized carbons (Fsp3) is 0.500. The molecule has 2 aromatic carbocycles. The topological polar surface area (TPSA) is 34.1 Å². The molecule has 2 nitrogen and oxygen atoms in total. The first-order chi connectivity index (χ1) is 13.2. The van der Waals surface area contributed by atoms with E-state index < -0.39 is 9.84 Å². The van der Waals surface area contributed by atoms with Crippen molar-refractivity contribution in [2.24, 2.45) is 0 Å². The van der Waals surface area contributed by atoms with E-state index in [1.165, 1.54) is 38.5 Å². The molecule has 0 aromatic heterocycles. The van der Waals surface area contributed by atoms with E-state index >= 15 is 0 Å². The number of rotatable bonds is 4. The van der Waals surface area contributed by atoms with Crippen LogP contribution in [0.15, 0.2) is 58.3 Å². The fourth-order valence-corrected chi connectivity index (χ4v) is 6.91. The molecule has 0 spiro atoms. The summed E-state index contributed by atoms with van der Waals surface area (Å²) in [4.78, 5) is 1.08. The van der Waals surface area contributed by atoms with Gasteiger partial charge in [0.25, 0.3) is 0 Å². The maximum absolute atomic E-state index is 13.8. The highest BCUT2D eigenvalue weighted by Crippen LogP contribution is 2.41. The Balaban J connectivity index is 1.77. The summed E-state index contributed by atoms with van der Waals surface area (Å²) < 4.78 is 27.5. The lowest BCUT2D eigenvalue weighted by molar-refractivity contribution is 0.436. The van der Waals surface area contributed by atoms with Crippen molar-refractivity contribution in [3.05, 3.63) is 59.7 Å². The minimum atomic E-state index is -3.50. The highest BCUT2D eigenvalue weighted by Gasteiger charge is 2.29. The van der Waals surface area contributed by atoms with E-state index in [2.05, 4.69) is 0 Å². The lowest BCUT2D eigenvalue weighted by atomic mass is 9.84. The molecule has 0 heterocycles. The first-order valence-corrected chi connectivity index (χ1v) is 12.1. The number of sulfone groups is 1. The summed E-state index contributed by atoms with van der Waals surface area (Å²) in [6.45, 7) is 0. The van der Waals surface area contributed by atoms with E-state index in [0.717, 1.165) is 36.8 Å². The minimum absolute atomic E-state index is 0.381. The van der Waals surface area contributed by atoms with Crippen molar-refractivity contribution in [2.75, 3.05) is 0 Å². The molecule has 0 unspecified atom stereocenters. The zero-order valence-electron chi connectivity index (χ0n) is 16.1. The molecule has 4 rings (SSSR count). The normalized spacial score (nSPS) is 19.9. The second-order valence-corrected chi connectivity index (χ2v) is 10.1. The summed E-state index contributed by atoms with van der Waals surface area (Å²) in [5.74, 6) is 0.762. The third-order valence-corrected chi connectivity index (χ3v) is 8.41. The quantitative estimate of drug-likeness (QED) is 0.596. The Morgan fingerprint density at radius 1 is 0.556 bits per heavy atom. The van der Waals surface area contributed by atoms with Crippen molar-refractivity contribution in [1.82, 2.24) is 0 Å². The number of benzene rings is 2. The maximum Gasteiger partial charge on any atom is 0.207 e. The maximum atomic E-state index is 13.8. The van der Waals surface area contributed by atoms with Gasteiger partial charge in [-0.1, -0.05) is 74.9 Å². The molecule has 0 atom stereocenters. The van der Waals surface area contributed by atoms with Gasteiger partial charge < -0.3 is 0 Å². The van der Waals surface area contributed by atoms with Crippen LogP contribution in [0.25, 0.3) is 0 Å². The van der Waals surface area contributed by atoms with Crippen molar-refractivity contribution in [3.8, 4) is 0 Å². The summed E-state index contributed by atoms with van der Waals surface area (Å²) in [5.41, 5.74) is 2.08. The summed E-state index contributed by atoms with van der Waals surface area (Å²) >= 11 is 0. The molecule has 0 radical (unpaired) electrons. The van der Waals surface area contributed by atoms with Crippen LogP contribution in [-0.4, -0.2) is 8.42 Å². The Bertz CT molecular complexity index is 805. The summed E-state index contributed by atoms with van der Waals surface area (Å²) in [7, 11) is -3.50. The van der Waals surface area contributed by atoms with Crippen molar-refractivity contribution >= 4 is 9.84 Å². The summed E-state index contributed by atoms with van der Waals surface area (Å²) in [6, 6.07) is 15.5. The van der Waals surface area contributed by atoms with Crippen molar-refractivity contribution in [3.63, 3.8) is 0 Å². The average molecular weight is 383 g/mol. The van der Waals surface area contributed by atoms with Crippen LogP contribution in [0.2, 0.25) is 0 Å². The number of hydrogen-bond acceptors (Lipinski definition) is 2. The van der Waals surface area contributed by atoms with Crippen molar-refractivity contribution < 1.29 is 8.42 Å².